The first-order valence-corrected chi connectivity index (χ1v) is 5.18. The van der Waals surface area contributed by atoms with Crippen molar-refractivity contribution in [3.8, 4) is 0 Å². The lowest BCUT2D eigenvalue weighted by Crippen LogP contribution is -2.19. The van der Waals surface area contributed by atoms with Crippen molar-refractivity contribution in [2.24, 2.45) is 5.92 Å². The van der Waals surface area contributed by atoms with Gasteiger partial charge in [-0.25, -0.2) is 4.98 Å². The Labute approximate surface area is 88.4 Å². The van der Waals surface area contributed by atoms with Crippen LogP contribution in [0.1, 0.15) is 12.8 Å². The third kappa shape index (κ3) is 2.79. The minimum Gasteiger partial charge on any atom is -0.381 e. The molecule has 1 aliphatic rings. The van der Waals surface area contributed by atoms with Gasteiger partial charge in [-0.15, -0.1) is 0 Å². The smallest absolute Gasteiger partial charge is 0.212 e. The van der Waals surface area contributed by atoms with E-state index in [2.05, 4.69) is 10.3 Å². The van der Waals surface area contributed by atoms with Crippen LogP contribution in [0.3, 0.4) is 0 Å². The van der Waals surface area contributed by atoms with Gasteiger partial charge in [-0.1, -0.05) is 0 Å². The predicted molar refractivity (Wildman–Crippen MR) is 55.5 cm³/mol. The summed E-state index contributed by atoms with van der Waals surface area (Å²) < 4.78 is 7.31. The Hall–Kier alpha value is -1.36. The SMILES string of the molecule is O=CNc1cn(CC2CCOCC2)cn1. The van der Waals surface area contributed by atoms with Gasteiger partial charge in [-0.3, -0.25) is 4.79 Å². The van der Waals surface area contributed by atoms with Crippen molar-refractivity contribution >= 4 is 12.2 Å². The van der Waals surface area contributed by atoms with Crippen LogP contribution in [0, 0.1) is 5.92 Å². The molecule has 0 unspecified atom stereocenters. The van der Waals surface area contributed by atoms with Crippen molar-refractivity contribution in [3.63, 3.8) is 0 Å². The molecular formula is C10H15N3O2. The van der Waals surface area contributed by atoms with Crippen molar-refractivity contribution in [3.05, 3.63) is 12.5 Å². The van der Waals surface area contributed by atoms with Crippen LogP contribution in [-0.4, -0.2) is 29.2 Å². The second-order valence-electron chi connectivity index (χ2n) is 3.77. The van der Waals surface area contributed by atoms with Crippen LogP contribution in [0.5, 0.6) is 0 Å². The molecule has 0 spiro atoms. The van der Waals surface area contributed by atoms with Crippen LogP contribution in [0.4, 0.5) is 5.82 Å². The highest BCUT2D eigenvalue weighted by Gasteiger charge is 2.14. The summed E-state index contributed by atoms with van der Waals surface area (Å²) in [6.07, 6.45) is 6.45. The summed E-state index contributed by atoms with van der Waals surface area (Å²) in [6, 6.07) is 0. The second kappa shape index (κ2) is 4.93. The Kier molecular flexibility index (Phi) is 3.34. The third-order valence-corrected chi connectivity index (χ3v) is 2.65. The summed E-state index contributed by atoms with van der Waals surface area (Å²) in [7, 11) is 0. The van der Waals surface area contributed by atoms with Gasteiger partial charge in [-0.05, 0) is 18.8 Å². The molecule has 1 N–H and O–H groups in total. The van der Waals surface area contributed by atoms with E-state index >= 15 is 0 Å². The van der Waals surface area contributed by atoms with Gasteiger partial charge in [0.2, 0.25) is 6.41 Å². The highest BCUT2D eigenvalue weighted by atomic mass is 16.5. The van der Waals surface area contributed by atoms with Crippen LogP contribution in [0.25, 0.3) is 0 Å². The Bertz CT molecular complexity index is 318. The number of nitrogens with zero attached hydrogens (tertiary/aromatic N) is 2. The Morgan fingerprint density at radius 1 is 1.60 bits per heavy atom. The molecule has 82 valence electrons. The monoisotopic (exact) mass is 209 g/mol. The number of hydrogen-bond donors (Lipinski definition) is 1. The fraction of sp³-hybridized carbons (Fsp3) is 0.600. The molecule has 0 bridgehead atoms. The number of rotatable bonds is 4. The van der Waals surface area contributed by atoms with Gasteiger partial charge in [0.05, 0.1) is 6.33 Å². The van der Waals surface area contributed by atoms with Gasteiger partial charge in [-0.2, -0.15) is 0 Å². The molecule has 1 aromatic rings. The molecule has 1 saturated heterocycles. The zero-order valence-electron chi connectivity index (χ0n) is 8.56. The van der Waals surface area contributed by atoms with Gasteiger partial charge >= 0.3 is 0 Å². The molecule has 2 heterocycles. The first-order chi connectivity index (χ1) is 7.38. The van der Waals surface area contributed by atoms with E-state index in [1.165, 1.54) is 0 Å². The minimum atomic E-state index is 0.608. The maximum atomic E-state index is 10.2. The lowest BCUT2D eigenvalue weighted by Gasteiger charge is -2.21. The number of carbonyl (C=O) groups is 1. The average molecular weight is 209 g/mol. The summed E-state index contributed by atoms with van der Waals surface area (Å²) >= 11 is 0. The molecule has 0 aliphatic carbocycles. The van der Waals surface area contributed by atoms with Gasteiger partial charge in [0, 0.05) is 26.0 Å². The number of imidazole rings is 1. The molecule has 0 aromatic carbocycles. The molecule has 1 amide bonds. The van der Waals surface area contributed by atoms with Crippen molar-refractivity contribution < 1.29 is 9.53 Å². The number of hydrogen-bond acceptors (Lipinski definition) is 3. The number of carbonyl (C=O) groups excluding carboxylic acids is 1. The van der Waals surface area contributed by atoms with E-state index in [0.717, 1.165) is 32.6 Å². The first-order valence-electron chi connectivity index (χ1n) is 5.18. The highest BCUT2D eigenvalue weighted by molar-refractivity contribution is 5.68. The molecule has 5 heteroatoms. The van der Waals surface area contributed by atoms with Gasteiger partial charge in [0.1, 0.15) is 0 Å². The van der Waals surface area contributed by atoms with Crippen molar-refractivity contribution in [2.75, 3.05) is 18.5 Å². The maximum absolute atomic E-state index is 10.2. The molecule has 15 heavy (non-hydrogen) atoms. The summed E-state index contributed by atoms with van der Waals surface area (Å²) in [4.78, 5) is 14.3. The summed E-state index contributed by atoms with van der Waals surface area (Å²) in [5, 5.41) is 2.53. The molecule has 1 aliphatic heterocycles. The zero-order valence-corrected chi connectivity index (χ0v) is 8.56. The van der Waals surface area contributed by atoms with Gasteiger partial charge in [0.25, 0.3) is 0 Å². The van der Waals surface area contributed by atoms with Gasteiger partial charge < -0.3 is 14.6 Å². The molecule has 1 aromatic heterocycles. The number of nitrogens with one attached hydrogen (secondary N) is 1. The molecule has 5 nitrogen and oxygen atoms in total. The second-order valence-corrected chi connectivity index (χ2v) is 3.77. The molecule has 0 radical (unpaired) electrons. The zero-order chi connectivity index (χ0) is 10.5. The molecular weight excluding hydrogens is 194 g/mol. The van der Waals surface area contributed by atoms with E-state index < -0.39 is 0 Å². The lowest BCUT2D eigenvalue weighted by molar-refractivity contribution is -0.105. The summed E-state index contributed by atoms with van der Waals surface area (Å²) in [6.45, 7) is 2.68. The quantitative estimate of drug-likeness (QED) is 0.749. The number of anilines is 1. The number of amides is 1. The van der Waals surface area contributed by atoms with E-state index in [1.54, 1.807) is 6.33 Å². The van der Waals surface area contributed by atoms with E-state index in [-0.39, 0.29) is 0 Å². The lowest BCUT2D eigenvalue weighted by atomic mass is 10.0. The van der Waals surface area contributed by atoms with Crippen molar-refractivity contribution in [1.82, 2.24) is 9.55 Å². The highest BCUT2D eigenvalue weighted by Crippen LogP contribution is 2.17. The van der Waals surface area contributed by atoms with E-state index in [4.69, 9.17) is 4.74 Å². The largest absolute Gasteiger partial charge is 0.381 e. The standard InChI is InChI=1S/C10H15N3O2/c14-8-12-10-6-13(7-11-10)5-9-1-3-15-4-2-9/h6-9H,1-5H2,(H,12,14). The van der Waals surface area contributed by atoms with Crippen LogP contribution in [0.15, 0.2) is 12.5 Å². The topological polar surface area (TPSA) is 56.2 Å². The Balaban J connectivity index is 1.88. The van der Waals surface area contributed by atoms with E-state index in [0.29, 0.717) is 18.1 Å². The summed E-state index contributed by atoms with van der Waals surface area (Å²) in [5.74, 6) is 1.27. The van der Waals surface area contributed by atoms with Crippen LogP contribution >= 0.6 is 0 Å². The fourth-order valence-electron chi connectivity index (χ4n) is 1.82. The fourth-order valence-corrected chi connectivity index (χ4v) is 1.82. The van der Waals surface area contributed by atoms with Crippen LogP contribution in [0.2, 0.25) is 0 Å². The molecule has 2 rings (SSSR count). The Morgan fingerprint density at radius 2 is 2.40 bits per heavy atom. The third-order valence-electron chi connectivity index (χ3n) is 2.65. The molecule has 0 atom stereocenters. The van der Waals surface area contributed by atoms with E-state index in [9.17, 15) is 4.79 Å². The minimum absolute atomic E-state index is 0.608. The van der Waals surface area contributed by atoms with Crippen molar-refractivity contribution in [1.29, 1.82) is 0 Å². The molecule has 1 fully saturated rings. The molecule has 0 saturated carbocycles. The summed E-state index contributed by atoms with van der Waals surface area (Å²) in [5.41, 5.74) is 0. The Morgan fingerprint density at radius 3 is 3.13 bits per heavy atom. The first kappa shape index (κ1) is 10.2. The number of aromatic nitrogens is 2. The van der Waals surface area contributed by atoms with E-state index in [1.807, 2.05) is 10.8 Å². The normalized spacial score (nSPS) is 17.6. The number of ether oxygens (including phenoxy) is 1. The van der Waals surface area contributed by atoms with Crippen LogP contribution < -0.4 is 5.32 Å². The van der Waals surface area contributed by atoms with Crippen molar-refractivity contribution in [2.45, 2.75) is 19.4 Å². The van der Waals surface area contributed by atoms with Crippen LogP contribution in [-0.2, 0) is 16.1 Å². The average Bonchev–Trinajstić information content (AvgIpc) is 2.68. The maximum Gasteiger partial charge on any atom is 0.212 e. The predicted octanol–water partition coefficient (Wildman–Crippen LogP) is 0.878. The van der Waals surface area contributed by atoms with Gasteiger partial charge in [0.15, 0.2) is 5.82 Å².